The predicted molar refractivity (Wildman–Crippen MR) is 174 cm³/mol. The second kappa shape index (κ2) is 13.7. The third-order valence-corrected chi connectivity index (χ3v) is 9.51. The number of aromatic carboxylic acids is 1. The Hall–Kier alpha value is -4.10. The first kappa shape index (κ1) is 29.9. The van der Waals surface area contributed by atoms with Crippen LogP contribution in [0.25, 0.3) is 22.2 Å². The van der Waals surface area contributed by atoms with Crippen LogP contribution in [0.1, 0.15) is 78.8 Å². The largest absolute Gasteiger partial charge is 0.489 e. The summed E-state index contributed by atoms with van der Waals surface area (Å²) >= 11 is 0. The zero-order valence-electron chi connectivity index (χ0n) is 25.6. The van der Waals surface area contributed by atoms with Gasteiger partial charge in [-0.05, 0) is 105 Å². The molecule has 2 fully saturated rings. The lowest BCUT2D eigenvalue weighted by Crippen LogP contribution is -2.33. The van der Waals surface area contributed by atoms with Crippen molar-refractivity contribution >= 4 is 22.8 Å². The van der Waals surface area contributed by atoms with Crippen molar-refractivity contribution in [3.63, 3.8) is 0 Å². The van der Waals surface area contributed by atoms with E-state index < -0.39 is 5.97 Å². The molecule has 2 N–H and O–H groups in total. The SMILES string of the molecule is CN1CCCC1CCNC(=O)Cn1c(-c2ccc(OCc3ccccc3)cc2)c(C2CCCCC2)c2ccc(C(=O)O)cc21. The number of hydrogen-bond acceptors (Lipinski definition) is 4. The van der Waals surface area contributed by atoms with Crippen LogP contribution >= 0.6 is 0 Å². The van der Waals surface area contributed by atoms with E-state index in [1.54, 1.807) is 12.1 Å². The van der Waals surface area contributed by atoms with Crippen molar-refractivity contribution in [2.24, 2.45) is 0 Å². The molecule has 2 heterocycles. The Morgan fingerprint density at radius 3 is 2.41 bits per heavy atom. The molecule has 1 saturated heterocycles. The minimum atomic E-state index is -0.967. The first-order valence-electron chi connectivity index (χ1n) is 16.1. The molecule has 7 nitrogen and oxygen atoms in total. The van der Waals surface area contributed by atoms with Gasteiger partial charge in [0.2, 0.25) is 5.91 Å². The number of nitrogens with one attached hydrogen (secondary N) is 1. The van der Waals surface area contributed by atoms with Crippen LogP contribution in [-0.2, 0) is 17.9 Å². The van der Waals surface area contributed by atoms with Gasteiger partial charge in [0, 0.05) is 18.0 Å². The standard InChI is InChI=1S/C37H43N3O4/c1-39-22-8-13-30(39)20-21-38-34(41)24-40-33-23-29(37(42)43)16-19-32(33)35(27-11-6-3-7-12-27)36(40)28-14-17-31(18-15-28)44-25-26-9-4-2-5-10-26/h2,4-5,9-10,14-19,23,27,30H,3,6-8,11-13,20-22,24-25H2,1H3,(H,38,41)(H,42,43). The van der Waals surface area contributed by atoms with E-state index in [1.807, 2.05) is 48.5 Å². The molecule has 7 heteroatoms. The summed E-state index contributed by atoms with van der Waals surface area (Å²) in [5, 5.41) is 14.1. The molecule has 1 aliphatic carbocycles. The zero-order valence-corrected chi connectivity index (χ0v) is 25.6. The van der Waals surface area contributed by atoms with Gasteiger partial charge in [-0.3, -0.25) is 4.79 Å². The molecule has 1 aliphatic heterocycles. The number of carboxylic acid groups (broad SMARTS) is 1. The lowest BCUT2D eigenvalue weighted by atomic mass is 9.82. The molecule has 230 valence electrons. The van der Waals surface area contributed by atoms with E-state index in [2.05, 4.69) is 34.0 Å². The summed E-state index contributed by atoms with van der Waals surface area (Å²) < 4.78 is 8.14. The van der Waals surface area contributed by atoms with Gasteiger partial charge in [-0.15, -0.1) is 0 Å². The Morgan fingerprint density at radius 2 is 1.70 bits per heavy atom. The monoisotopic (exact) mass is 593 g/mol. The average molecular weight is 594 g/mol. The Balaban J connectivity index is 1.35. The number of rotatable bonds is 11. The molecule has 44 heavy (non-hydrogen) atoms. The highest BCUT2D eigenvalue weighted by molar-refractivity contribution is 5.99. The molecule has 4 aromatic rings. The molecule has 2 aliphatic rings. The number of ether oxygens (including phenoxy) is 1. The minimum Gasteiger partial charge on any atom is -0.489 e. The number of nitrogens with zero attached hydrogens (tertiary/aromatic N) is 2. The highest BCUT2D eigenvalue weighted by Crippen LogP contribution is 2.44. The molecule has 3 aromatic carbocycles. The fourth-order valence-corrected chi connectivity index (χ4v) is 7.16. The number of benzene rings is 3. The predicted octanol–water partition coefficient (Wildman–Crippen LogP) is 7.23. The highest BCUT2D eigenvalue weighted by Gasteiger charge is 2.28. The number of carboxylic acids is 1. The summed E-state index contributed by atoms with van der Waals surface area (Å²) in [7, 11) is 2.16. The van der Waals surface area contributed by atoms with E-state index in [1.165, 1.54) is 37.7 Å². The Labute approximate surface area is 259 Å². The number of fused-ring (bicyclic) bond motifs is 1. The van der Waals surface area contributed by atoms with Gasteiger partial charge in [0.15, 0.2) is 0 Å². The van der Waals surface area contributed by atoms with Crippen molar-refractivity contribution in [1.82, 2.24) is 14.8 Å². The molecule has 0 radical (unpaired) electrons. The number of hydrogen-bond donors (Lipinski definition) is 2. The topological polar surface area (TPSA) is 83.8 Å². The Kier molecular flexibility index (Phi) is 9.31. The second-order valence-electron chi connectivity index (χ2n) is 12.4. The first-order valence-corrected chi connectivity index (χ1v) is 16.1. The fraction of sp³-hybridized carbons (Fsp3) is 0.405. The molecule has 1 aromatic heterocycles. The summed E-state index contributed by atoms with van der Waals surface area (Å²) in [6, 6.07) is 24.1. The maximum absolute atomic E-state index is 13.5. The summed E-state index contributed by atoms with van der Waals surface area (Å²) in [4.78, 5) is 27.9. The van der Waals surface area contributed by atoms with Gasteiger partial charge in [-0.2, -0.15) is 0 Å². The van der Waals surface area contributed by atoms with Crippen molar-refractivity contribution < 1.29 is 19.4 Å². The number of carbonyl (C=O) groups excluding carboxylic acids is 1. The second-order valence-corrected chi connectivity index (χ2v) is 12.4. The summed E-state index contributed by atoms with van der Waals surface area (Å²) in [5.41, 5.74) is 5.38. The van der Waals surface area contributed by atoms with Crippen molar-refractivity contribution in [3.05, 3.63) is 89.5 Å². The summed E-state index contributed by atoms with van der Waals surface area (Å²) in [6.07, 6.45) is 9.07. The maximum Gasteiger partial charge on any atom is 0.335 e. The van der Waals surface area contributed by atoms with Crippen LogP contribution in [0.4, 0.5) is 0 Å². The maximum atomic E-state index is 13.5. The molecular formula is C37H43N3O4. The summed E-state index contributed by atoms with van der Waals surface area (Å²) in [6.45, 7) is 2.37. The quantitative estimate of drug-likeness (QED) is 0.192. The molecule has 1 atom stereocenters. The van der Waals surface area contributed by atoms with E-state index >= 15 is 0 Å². The first-order chi connectivity index (χ1) is 21.5. The smallest absolute Gasteiger partial charge is 0.335 e. The van der Waals surface area contributed by atoms with Crippen molar-refractivity contribution in [2.75, 3.05) is 20.1 Å². The molecule has 0 bridgehead atoms. The third-order valence-electron chi connectivity index (χ3n) is 9.51. The van der Waals surface area contributed by atoms with E-state index in [9.17, 15) is 14.7 Å². The van der Waals surface area contributed by atoms with E-state index in [0.29, 0.717) is 25.1 Å². The normalized spacial score (nSPS) is 17.6. The van der Waals surface area contributed by atoms with Crippen molar-refractivity contribution in [3.8, 4) is 17.0 Å². The van der Waals surface area contributed by atoms with Crippen LogP contribution in [0.3, 0.4) is 0 Å². The van der Waals surface area contributed by atoms with Crippen LogP contribution in [0.5, 0.6) is 5.75 Å². The summed E-state index contributed by atoms with van der Waals surface area (Å²) in [5.74, 6) is 0.114. The van der Waals surface area contributed by atoms with Crippen molar-refractivity contribution in [1.29, 1.82) is 0 Å². The Bertz CT molecular complexity index is 1590. The van der Waals surface area contributed by atoms with Gasteiger partial charge in [-0.25, -0.2) is 4.79 Å². The van der Waals surface area contributed by atoms with Crippen LogP contribution < -0.4 is 10.1 Å². The van der Waals surface area contributed by atoms with Crippen LogP contribution in [0.2, 0.25) is 0 Å². The molecule has 1 unspecified atom stereocenters. The molecule has 0 spiro atoms. The zero-order chi connectivity index (χ0) is 30.5. The molecule has 1 saturated carbocycles. The van der Waals surface area contributed by atoms with Gasteiger partial charge in [0.1, 0.15) is 18.9 Å². The number of likely N-dealkylation sites (tertiary alicyclic amines) is 1. The van der Waals surface area contributed by atoms with Gasteiger partial charge >= 0.3 is 5.97 Å². The van der Waals surface area contributed by atoms with Crippen LogP contribution in [-0.4, -0.2) is 52.6 Å². The van der Waals surface area contributed by atoms with Crippen LogP contribution in [0.15, 0.2) is 72.8 Å². The van der Waals surface area contributed by atoms with Crippen molar-refractivity contribution in [2.45, 2.75) is 76.5 Å². The van der Waals surface area contributed by atoms with E-state index in [-0.39, 0.29) is 18.0 Å². The lowest BCUT2D eigenvalue weighted by Gasteiger charge is -2.24. The van der Waals surface area contributed by atoms with Crippen LogP contribution in [0, 0.1) is 0 Å². The Morgan fingerprint density at radius 1 is 0.932 bits per heavy atom. The fourth-order valence-electron chi connectivity index (χ4n) is 7.16. The molecule has 1 amide bonds. The van der Waals surface area contributed by atoms with Gasteiger partial charge in [0.05, 0.1) is 16.8 Å². The molecular weight excluding hydrogens is 550 g/mol. The number of carbonyl (C=O) groups is 2. The minimum absolute atomic E-state index is 0.0532. The number of amides is 1. The third kappa shape index (κ3) is 6.68. The molecule has 6 rings (SSSR count). The highest BCUT2D eigenvalue weighted by atomic mass is 16.5. The lowest BCUT2D eigenvalue weighted by molar-refractivity contribution is -0.121. The van der Waals surface area contributed by atoms with E-state index in [0.717, 1.165) is 59.3 Å². The van der Waals surface area contributed by atoms with Gasteiger partial charge < -0.3 is 24.6 Å². The number of aromatic nitrogens is 1. The average Bonchev–Trinajstić information content (AvgIpc) is 3.61. The van der Waals surface area contributed by atoms with Gasteiger partial charge in [0.25, 0.3) is 0 Å². The van der Waals surface area contributed by atoms with E-state index in [4.69, 9.17) is 4.74 Å². The van der Waals surface area contributed by atoms with Gasteiger partial charge in [-0.1, -0.05) is 55.7 Å².